The van der Waals surface area contributed by atoms with Crippen LogP contribution in [0, 0.1) is 5.92 Å². The predicted octanol–water partition coefficient (Wildman–Crippen LogP) is 2.60. The molecular weight excluding hydrogens is 314 g/mol. The number of hydrogen-bond donors (Lipinski definition) is 2. The molecule has 1 aromatic carbocycles. The number of likely N-dealkylation sites (tertiary alicyclic amines) is 1. The van der Waals surface area contributed by atoms with Crippen molar-refractivity contribution in [3.05, 3.63) is 29.3 Å². The topological polar surface area (TPSA) is 52.9 Å². The van der Waals surface area contributed by atoms with E-state index < -0.39 is 5.60 Å². The van der Waals surface area contributed by atoms with Crippen LogP contribution in [0.5, 0.6) is 5.75 Å². The first-order chi connectivity index (χ1) is 11.8. The van der Waals surface area contributed by atoms with Crippen molar-refractivity contribution in [3.8, 4) is 5.75 Å². The van der Waals surface area contributed by atoms with E-state index in [1.54, 1.807) is 6.07 Å². The molecule has 5 rings (SSSR count). The van der Waals surface area contributed by atoms with Crippen molar-refractivity contribution in [2.75, 3.05) is 19.7 Å². The number of piperidine rings is 1. The molecule has 2 saturated heterocycles. The van der Waals surface area contributed by atoms with Crippen LogP contribution in [-0.2, 0) is 16.6 Å². The summed E-state index contributed by atoms with van der Waals surface area (Å²) >= 11 is 0. The van der Waals surface area contributed by atoms with Crippen molar-refractivity contribution >= 4 is 0 Å². The fraction of sp³-hybridized carbons (Fsp3) is 0.714. The number of phenols is 1. The van der Waals surface area contributed by atoms with Crippen molar-refractivity contribution in [1.82, 2.24) is 4.90 Å². The van der Waals surface area contributed by atoms with Gasteiger partial charge in [-0.05, 0) is 75.3 Å². The normalized spacial score (nSPS) is 39.6. The van der Waals surface area contributed by atoms with Gasteiger partial charge in [-0.25, -0.2) is 0 Å². The minimum atomic E-state index is -0.789. The van der Waals surface area contributed by atoms with Crippen molar-refractivity contribution in [3.63, 3.8) is 0 Å². The fourth-order valence-electron chi connectivity index (χ4n) is 5.82. The molecule has 4 aliphatic rings. The Hall–Kier alpha value is -1.10. The molecule has 4 nitrogen and oxygen atoms in total. The molecule has 2 aliphatic heterocycles. The molecule has 0 aromatic heterocycles. The van der Waals surface area contributed by atoms with E-state index in [1.807, 2.05) is 6.07 Å². The van der Waals surface area contributed by atoms with Gasteiger partial charge in [0.05, 0.1) is 23.2 Å². The van der Waals surface area contributed by atoms with Gasteiger partial charge < -0.3 is 14.9 Å². The number of rotatable bonds is 2. The van der Waals surface area contributed by atoms with Gasteiger partial charge in [-0.1, -0.05) is 6.07 Å². The summed E-state index contributed by atoms with van der Waals surface area (Å²) in [5.74, 6) is 1.12. The van der Waals surface area contributed by atoms with Gasteiger partial charge in [0.15, 0.2) is 0 Å². The number of aliphatic hydroxyl groups is 1. The Morgan fingerprint density at radius 2 is 2.08 bits per heavy atom. The molecule has 2 N–H and O–H groups in total. The van der Waals surface area contributed by atoms with Crippen LogP contribution in [-0.4, -0.2) is 52.1 Å². The average molecular weight is 343 g/mol. The summed E-state index contributed by atoms with van der Waals surface area (Å²) in [5, 5.41) is 22.2. The third-order valence-electron chi connectivity index (χ3n) is 7.26. The highest BCUT2D eigenvalue weighted by atomic mass is 16.5. The van der Waals surface area contributed by atoms with Crippen LogP contribution < -0.4 is 0 Å². The number of benzene rings is 1. The molecule has 3 atom stereocenters. The average Bonchev–Trinajstić information content (AvgIpc) is 3.33. The van der Waals surface area contributed by atoms with Crippen LogP contribution in [0.2, 0.25) is 0 Å². The summed E-state index contributed by atoms with van der Waals surface area (Å²) in [7, 11) is 0. The van der Waals surface area contributed by atoms with E-state index in [9.17, 15) is 10.2 Å². The summed E-state index contributed by atoms with van der Waals surface area (Å²) < 4.78 is 6.24. The Kier molecular flexibility index (Phi) is 3.22. The number of ether oxygens (including phenoxy) is 1. The first kappa shape index (κ1) is 16.1. The Labute approximate surface area is 149 Å². The minimum absolute atomic E-state index is 0.155. The first-order valence-electron chi connectivity index (χ1n) is 9.76. The Morgan fingerprint density at radius 1 is 1.28 bits per heavy atom. The third-order valence-corrected chi connectivity index (χ3v) is 7.26. The van der Waals surface area contributed by atoms with Crippen molar-refractivity contribution in [1.29, 1.82) is 0 Å². The van der Waals surface area contributed by atoms with Crippen molar-refractivity contribution in [2.45, 2.75) is 68.6 Å². The molecule has 2 heterocycles. The zero-order chi connectivity index (χ0) is 17.4. The summed E-state index contributed by atoms with van der Waals surface area (Å²) in [6.07, 6.45) is 5.11. The maximum Gasteiger partial charge on any atom is 0.115 e. The lowest BCUT2D eigenvalue weighted by atomic mass is 9.51. The Morgan fingerprint density at radius 3 is 2.84 bits per heavy atom. The molecule has 0 spiro atoms. The number of fused-ring (bicyclic) bond motifs is 1. The monoisotopic (exact) mass is 343 g/mol. The molecule has 25 heavy (non-hydrogen) atoms. The van der Waals surface area contributed by atoms with E-state index in [-0.39, 0.29) is 17.1 Å². The van der Waals surface area contributed by atoms with Gasteiger partial charge in [0, 0.05) is 19.0 Å². The second-order valence-electron chi connectivity index (χ2n) is 9.48. The van der Waals surface area contributed by atoms with Crippen molar-refractivity contribution in [2.24, 2.45) is 5.92 Å². The van der Waals surface area contributed by atoms with Crippen LogP contribution >= 0.6 is 0 Å². The smallest absolute Gasteiger partial charge is 0.115 e. The molecule has 2 bridgehead atoms. The SMILES string of the molecule is CC1(C)C[C@@]2(O)[C@H]3Cc4ccc(O)cc4[C@@]2(CCN3CC2CC2)CO1. The molecule has 2 aliphatic carbocycles. The lowest BCUT2D eigenvalue weighted by molar-refractivity contribution is -0.244. The summed E-state index contributed by atoms with van der Waals surface area (Å²) in [5.41, 5.74) is 0.902. The van der Waals surface area contributed by atoms with E-state index >= 15 is 0 Å². The number of hydrogen-bond acceptors (Lipinski definition) is 4. The van der Waals surface area contributed by atoms with Gasteiger partial charge in [0.1, 0.15) is 5.75 Å². The molecule has 1 aromatic rings. The molecule has 1 saturated carbocycles. The molecule has 4 heteroatoms. The lowest BCUT2D eigenvalue weighted by Crippen LogP contribution is -2.76. The summed E-state index contributed by atoms with van der Waals surface area (Å²) in [6, 6.07) is 5.88. The van der Waals surface area contributed by atoms with Crippen LogP contribution in [0.25, 0.3) is 0 Å². The van der Waals surface area contributed by atoms with E-state index in [1.165, 1.54) is 18.4 Å². The van der Waals surface area contributed by atoms with E-state index in [4.69, 9.17) is 4.74 Å². The number of nitrogens with zero attached hydrogens (tertiary/aromatic N) is 1. The number of phenolic OH excluding ortho intramolecular Hbond substituents is 1. The zero-order valence-corrected chi connectivity index (χ0v) is 15.3. The minimum Gasteiger partial charge on any atom is -0.508 e. The van der Waals surface area contributed by atoms with Crippen LogP contribution in [0.3, 0.4) is 0 Å². The second kappa shape index (κ2) is 4.99. The van der Waals surface area contributed by atoms with E-state index in [0.717, 1.165) is 37.4 Å². The quantitative estimate of drug-likeness (QED) is 0.867. The van der Waals surface area contributed by atoms with Crippen molar-refractivity contribution < 1.29 is 14.9 Å². The molecule has 0 amide bonds. The van der Waals surface area contributed by atoms with Crippen LogP contribution in [0.1, 0.15) is 50.7 Å². The van der Waals surface area contributed by atoms with Gasteiger partial charge in [-0.3, -0.25) is 4.90 Å². The van der Waals surface area contributed by atoms with Gasteiger partial charge in [0.25, 0.3) is 0 Å². The van der Waals surface area contributed by atoms with E-state index in [2.05, 4.69) is 24.8 Å². The fourth-order valence-corrected chi connectivity index (χ4v) is 5.82. The molecule has 0 unspecified atom stereocenters. The standard InChI is InChI=1S/C21H29NO3/c1-19(2)12-21(24)18-9-15-5-6-16(23)10-17(15)20(21,13-25-19)7-8-22(18)11-14-3-4-14/h5-6,10,14,18,23-24H,3-4,7-9,11-13H2,1-2H3/t18-,20-,21-/m1/s1. The second-order valence-corrected chi connectivity index (χ2v) is 9.48. The molecule has 136 valence electrons. The highest BCUT2D eigenvalue weighted by Gasteiger charge is 2.66. The van der Waals surface area contributed by atoms with Crippen LogP contribution in [0.15, 0.2) is 18.2 Å². The van der Waals surface area contributed by atoms with E-state index in [0.29, 0.717) is 18.8 Å². The van der Waals surface area contributed by atoms with Gasteiger partial charge >= 0.3 is 0 Å². The third kappa shape index (κ3) is 2.23. The zero-order valence-electron chi connectivity index (χ0n) is 15.3. The molecular formula is C21H29NO3. The number of aromatic hydroxyl groups is 1. The van der Waals surface area contributed by atoms with Gasteiger partial charge in [-0.15, -0.1) is 0 Å². The first-order valence-corrected chi connectivity index (χ1v) is 9.76. The molecule has 3 fully saturated rings. The highest BCUT2D eigenvalue weighted by molar-refractivity contribution is 5.48. The van der Waals surface area contributed by atoms with Gasteiger partial charge in [0.2, 0.25) is 0 Å². The molecule has 0 radical (unpaired) electrons. The predicted molar refractivity (Wildman–Crippen MR) is 95.8 cm³/mol. The Balaban J connectivity index is 1.65. The summed E-state index contributed by atoms with van der Waals surface area (Å²) in [4.78, 5) is 2.56. The summed E-state index contributed by atoms with van der Waals surface area (Å²) in [6.45, 7) is 6.87. The maximum absolute atomic E-state index is 12.1. The largest absolute Gasteiger partial charge is 0.508 e. The Bertz CT molecular complexity index is 713. The lowest BCUT2D eigenvalue weighted by Gasteiger charge is -2.65. The van der Waals surface area contributed by atoms with Gasteiger partial charge in [-0.2, -0.15) is 0 Å². The highest BCUT2D eigenvalue weighted by Crippen LogP contribution is 2.58. The maximum atomic E-state index is 12.1. The van der Waals surface area contributed by atoms with Crippen LogP contribution in [0.4, 0.5) is 0 Å².